The van der Waals surface area contributed by atoms with Crippen LogP contribution in [0, 0.1) is 0 Å². The first-order valence-electron chi connectivity index (χ1n) is 8.91. The van der Waals surface area contributed by atoms with E-state index in [1.54, 1.807) is 4.90 Å². The Kier molecular flexibility index (Phi) is 6.99. The summed E-state index contributed by atoms with van der Waals surface area (Å²) < 4.78 is 12.2. The highest BCUT2D eigenvalue weighted by atomic mass is 35.5. The lowest BCUT2D eigenvalue weighted by Gasteiger charge is -2.13. The Hall–Kier alpha value is -2.02. The van der Waals surface area contributed by atoms with Crippen LogP contribution in [0.3, 0.4) is 0 Å². The lowest BCUT2D eigenvalue weighted by molar-refractivity contribution is -0.121. The van der Waals surface area contributed by atoms with Gasteiger partial charge in [0.15, 0.2) is 11.5 Å². The van der Waals surface area contributed by atoms with Crippen LogP contribution in [0.25, 0.3) is 6.08 Å². The minimum absolute atomic E-state index is 0.0586. The van der Waals surface area contributed by atoms with Crippen LogP contribution in [0.5, 0.6) is 11.5 Å². The molecule has 1 saturated heterocycles. The van der Waals surface area contributed by atoms with Gasteiger partial charge in [0.2, 0.25) is 0 Å². The summed E-state index contributed by atoms with van der Waals surface area (Å²) >= 11 is 12.6. The lowest BCUT2D eigenvalue weighted by Crippen LogP contribution is -2.27. The fraction of sp³-hybridized carbons (Fsp3) is 0.238. The Labute approximate surface area is 179 Å². The van der Waals surface area contributed by atoms with Crippen molar-refractivity contribution < 1.29 is 14.3 Å². The summed E-state index contributed by atoms with van der Waals surface area (Å²) in [6.45, 7) is 5.29. The van der Waals surface area contributed by atoms with E-state index in [4.69, 9.17) is 33.3 Å². The summed E-state index contributed by atoms with van der Waals surface area (Å²) in [4.78, 5) is 14.6. The summed E-state index contributed by atoms with van der Waals surface area (Å²) in [5.41, 5.74) is 1.83. The average Bonchev–Trinajstić information content (AvgIpc) is 2.94. The molecule has 1 aliphatic heterocycles. The lowest BCUT2D eigenvalue weighted by atomic mass is 10.1. The SMILES string of the molecule is CCOc1cc(/C=C2/SC(=S)N(CC)C2=O)ccc1OCc1cccc(Cl)c1. The first-order valence-corrected chi connectivity index (χ1v) is 10.5. The standard InChI is InChI=1S/C21H20ClNO3S2/c1-3-23-20(24)19(28-21(23)27)12-14-8-9-17(18(11-14)25-4-2)26-13-15-6-5-7-16(22)10-15/h5-12H,3-4,13H2,1-2H3/b19-12+. The van der Waals surface area contributed by atoms with Gasteiger partial charge in [0.25, 0.3) is 5.91 Å². The number of likely N-dealkylation sites (N-methyl/N-ethyl adjacent to an activating group) is 1. The number of halogens is 1. The van der Waals surface area contributed by atoms with Crippen LogP contribution in [0.2, 0.25) is 5.02 Å². The molecule has 0 atom stereocenters. The molecule has 1 aliphatic rings. The van der Waals surface area contributed by atoms with E-state index in [0.717, 1.165) is 11.1 Å². The number of thiocarbonyl (C=S) groups is 1. The fourth-order valence-corrected chi connectivity index (χ4v) is 4.31. The predicted octanol–water partition coefficient (Wildman–Crippen LogP) is 5.54. The largest absolute Gasteiger partial charge is 0.490 e. The van der Waals surface area contributed by atoms with Gasteiger partial charge in [0.1, 0.15) is 10.9 Å². The van der Waals surface area contributed by atoms with Crippen molar-refractivity contribution in [3.63, 3.8) is 0 Å². The molecule has 0 bridgehead atoms. The molecular formula is C21H20ClNO3S2. The number of thioether (sulfide) groups is 1. The number of nitrogens with zero attached hydrogens (tertiary/aromatic N) is 1. The highest BCUT2D eigenvalue weighted by Gasteiger charge is 2.30. The topological polar surface area (TPSA) is 38.8 Å². The molecule has 0 radical (unpaired) electrons. The highest BCUT2D eigenvalue weighted by Crippen LogP contribution is 2.35. The Bertz CT molecular complexity index is 930. The molecule has 28 heavy (non-hydrogen) atoms. The molecule has 2 aromatic rings. The smallest absolute Gasteiger partial charge is 0.266 e. The highest BCUT2D eigenvalue weighted by molar-refractivity contribution is 8.26. The first kappa shape index (κ1) is 20.7. The fourth-order valence-electron chi connectivity index (χ4n) is 2.71. The monoisotopic (exact) mass is 433 g/mol. The van der Waals surface area contributed by atoms with E-state index in [0.29, 0.717) is 45.5 Å². The third kappa shape index (κ3) is 4.87. The second-order valence-electron chi connectivity index (χ2n) is 5.98. The molecule has 0 N–H and O–H groups in total. The molecule has 3 rings (SSSR count). The van der Waals surface area contributed by atoms with Gasteiger partial charge in [-0.05, 0) is 55.3 Å². The van der Waals surface area contributed by atoms with Gasteiger partial charge in [-0.2, -0.15) is 0 Å². The maximum absolute atomic E-state index is 12.4. The summed E-state index contributed by atoms with van der Waals surface area (Å²) in [6.07, 6.45) is 1.83. The van der Waals surface area contributed by atoms with E-state index in [1.165, 1.54) is 11.8 Å². The van der Waals surface area contributed by atoms with Gasteiger partial charge in [-0.25, -0.2) is 0 Å². The second-order valence-corrected chi connectivity index (χ2v) is 8.10. The molecule has 0 unspecified atom stereocenters. The normalized spacial score (nSPS) is 15.4. The zero-order valence-electron chi connectivity index (χ0n) is 15.6. The second kappa shape index (κ2) is 9.45. The Morgan fingerprint density at radius 1 is 1.14 bits per heavy atom. The van der Waals surface area contributed by atoms with Crippen molar-refractivity contribution in [3.8, 4) is 11.5 Å². The molecule has 0 aliphatic carbocycles. The van der Waals surface area contributed by atoms with Gasteiger partial charge < -0.3 is 9.47 Å². The van der Waals surface area contributed by atoms with Gasteiger partial charge in [-0.15, -0.1) is 0 Å². The minimum Gasteiger partial charge on any atom is -0.490 e. The van der Waals surface area contributed by atoms with E-state index in [-0.39, 0.29) is 5.91 Å². The molecule has 4 nitrogen and oxygen atoms in total. The minimum atomic E-state index is -0.0586. The van der Waals surface area contributed by atoms with Gasteiger partial charge in [-0.3, -0.25) is 9.69 Å². The van der Waals surface area contributed by atoms with E-state index < -0.39 is 0 Å². The summed E-state index contributed by atoms with van der Waals surface area (Å²) in [5.74, 6) is 1.21. The van der Waals surface area contributed by atoms with Crippen molar-refractivity contribution >= 4 is 51.9 Å². The molecule has 1 amide bonds. The summed E-state index contributed by atoms with van der Waals surface area (Å²) in [6, 6.07) is 13.2. The van der Waals surface area contributed by atoms with Gasteiger partial charge in [0, 0.05) is 11.6 Å². The molecule has 1 fully saturated rings. The van der Waals surface area contributed by atoms with E-state index in [1.807, 2.05) is 62.4 Å². The number of carbonyl (C=O) groups is 1. The summed E-state index contributed by atoms with van der Waals surface area (Å²) in [7, 11) is 0. The van der Waals surface area contributed by atoms with Gasteiger partial charge in [-0.1, -0.05) is 53.8 Å². The quantitative estimate of drug-likeness (QED) is 0.423. The number of hydrogen-bond donors (Lipinski definition) is 0. The number of amides is 1. The maximum atomic E-state index is 12.4. The van der Waals surface area contributed by atoms with Crippen molar-refractivity contribution in [3.05, 3.63) is 63.5 Å². The number of hydrogen-bond acceptors (Lipinski definition) is 5. The van der Waals surface area contributed by atoms with Crippen LogP contribution in [0.15, 0.2) is 47.4 Å². The Morgan fingerprint density at radius 2 is 1.96 bits per heavy atom. The Balaban J connectivity index is 1.80. The molecule has 2 aromatic carbocycles. The molecule has 0 saturated carbocycles. The van der Waals surface area contributed by atoms with Crippen LogP contribution in [0.4, 0.5) is 0 Å². The van der Waals surface area contributed by atoms with Crippen molar-refractivity contribution in [2.24, 2.45) is 0 Å². The van der Waals surface area contributed by atoms with Crippen LogP contribution < -0.4 is 9.47 Å². The zero-order chi connectivity index (χ0) is 20.1. The van der Waals surface area contributed by atoms with Crippen molar-refractivity contribution in [1.29, 1.82) is 0 Å². The number of benzene rings is 2. The third-order valence-corrected chi connectivity index (χ3v) is 5.65. The van der Waals surface area contributed by atoms with E-state index in [9.17, 15) is 4.79 Å². The molecule has 0 aromatic heterocycles. The van der Waals surface area contributed by atoms with Crippen LogP contribution in [-0.2, 0) is 11.4 Å². The van der Waals surface area contributed by atoms with Crippen molar-refractivity contribution in [1.82, 2.24) is 4.90 Å². The first-order chi connectivity index (χ1) is 13.5. The molecule has 7 heteroatoms. The molecule has 146 valence electrons. The van der Waals surface area contributed by atoms with Crippen LogP contribution in [0.1, 0.15) is 25.0 Å². The third-order valence-electron chi connectivity index (χ3n) is 4.04. The van der Waals surface area contributed by atoms with Gasteiger partial charge >= 0.3 is 0 Å². The summed E-state index contributed by atoms with van der Waals surface area (Å²) in [5, 5.41) is 0.672. The van der Waals surface area contributed by atoms with Crippen molar-refractivity contribution in [2.75, 3.05) is 13.2 Å². The Morgan fingerprint density at radius 3 is 2.64 bits per heavy atom. The maximum Gasteiger partial charge on any atom is 0.266 e. The van der Waals surface area contributed by atoms with Crippen LogP contribution >= 0.6 is 35.6 Å². The van der Waals surface area contributed by atoms with E-state index in [2.05, 4.69) is 0 Å². The van der Waals surface area contributed by atoms with Crippen LogP contribution in [-0.4, -0.2) is 28.3 Å². The number of rotatable bonds is 7. The van der Waals surface area contributed by atoms with Crippen molar-refractivity contribution in [2.45, 2.75) is 20.5 Å². The molecule has 0 spiro atoms. The van der Waals surface area contributed by atoms with Gasteiger partial charge in [0.05, 0.1) is 11.5 Å². The predicted molar refractivity (Wildman–Crippen MR) is 119 cm³/mol. The number of carbonyl (C=O) groups excluding carboxylic acids is 1. The average molecular weight is 434 g/mol. The van der Waals surface area contributed by atoms with E-state index >= 15 is 0 Å². The molecular weight excluding hydrogens is 414 g/mol. The number of ether oxygens (including phenoxy) is 2. The zero-order valence-corrected chi connectivity index (χ0v) is 18.0. The molecule has 1 heterocycles.